The number of ether oxygens (including phenoxy) is 2. The average Bonchev–Trinajstić information content (AvgIpc) is 3.50. The standard InChI is InChI=1S/C20H32N4O3/c1-3-22-19(25)15-27-18-7-4-6-17(12-18)13-24-20(21-2)23-10-5-11-26-14-16-8-9-16/h4,6-7,12,16H,3,5,8-11,13-15H2,1-2H3,(H,22,25)(H2,21,23,24). The van der Waals surface area contributed by atoms with Gasteiger partial charge in [0.1, 0.15) is 5.75 Å². The number of hydrogen-bond acceptors (Lipinski definition) is 4. The molecule has 0 aromatic heterocycles. The van der Waals surface area contributed by atoms with E-state index in [9.17, 15) is 4.79 Å². The number of nitrogens with zero attached hydrogens (tertiary/aromatic N) is 1. The number of rotatable bonds is 12. The van der Waals surface area contributed by atoms with Crippen molar-refractivity contribution < 1.29 is 14.3 Å². The summed E-state index contributed by atoms with van der Waals surface area (Å²) in [6.07, 6.45) is 3.61. The lowest BCUT2D eigenvalue weighted by Gasteiger charge is -2.13. The molecule has 0 spiro atoms. The first kappa shape index (κ1) is 21.0. The highest BCUT2D eigenvalue weighted by atomic mass is 16.5. The second kappa shape index (κ2) is 12.2. The Kier molecular flexibility index (Phi) is 9.48. The molecule has 0 atom stereocenters. The first-order valence-electron chi connectivity index (χ1n) is 9.72. The van der Waals surface area contributed by atoms with Gasteiger partial charge in [-0.1, -0.05) is 12.1 Å². The summed E-state index contributed by atoms with van der Waals surface area (Å²) >= 11 is 0. The molecule has 1 aliphatic carbocycles. The fourth-order valence-corrected chi connectivity index (χ4v) is 2.46. The van der Waals surface area contributed by atoms with Gasteiger partial charge >= 0.3 is 0 Å². The Morgan fingerprint density at radius 3 is 2.85 bits per heavy atom. The van der Waals surface area contributed by atoms with E-state index in [0.29, 0.717) is 18.8 Å². The van der Waals surface area contributed by atoms with Crippen LogP contribution in [0.3, 0.4) is 0 Å². The number of carbonyl (C=O) groups excluding carboxylic acids is 1. The van der Waals surface area contributed by atoms with Crippen LogP contribution in [0.2, 0.25) is 0 Å². The van der Waals surface area contributed by atoms with Gasteiger partial charge in [0, 0.05) is 39.9 Å². The van der Waals surface area contributed by atoms with Crippen LogP contribution in [-0.4, -0.2) is 51.8 Å². The lowest BCUT2D eigenvalue weighted by atomic mass is 10.2. The van der Waals surface area contributed by atoms with Gasteiger partial charge in [0.05, 0.1) is 0 Å². The van der Waals surface area contributed by atoms with Gasteiger partial charge in [-0.05, 0) is 49.8 Å². The molecular formula is C20H32N4O3. The van der Waals surface area contributed by atoms with Crippen molar-refractivity contribution in [2.75, 3.05) is 40.0 Å². The Labute approximate surface area is 161 Å². The SMILES string of the molecule is CCNC(=O)COc1cccc(CNC(=NC)NCCCOCC2CC2)c1. The molecule has 1 fully saturated rings. The highest BCUT2D eigenvalue weighted by Crippen LogP contribution is 2.28. The summed E-state index contributed by atoms with van der Waals surface area (Å²) in [5.41, 5.74) is 1.05. The van der Waals surface area contributed by atoms with Crippen molar-refractivity contribution >= 4 is 11.9 Å². The molecule has 2 rings (SSSR count). The molecule has 150 valence electrons. The van der Waals surface area contributed by atoms with Crippen molar-refractivity contribution in [3.05, 3.63) is 29.8 Å². The van der Waals surface area contributed by atoms with E-state index < -0.39 is 0 Å². The van der Waals surface area contributed by atoms with Crippen LogP contribution in [-0.2, 0) is 16.1 Å². The molecule has 1 aliphatic rings. The van der Waals surface area contributed by atoms with E-state index in [1.807, 2.05) is 31.2 Å². The number of nitrogens with one attached hydrogen (secondary N) is 3. The summed E-state index contributed by atoms with van der Waals surface area (Å²) in [5.74, 6) is 2.13. The molecule has 27 heavy (non-hydrogen) atoms. The Bertz CT molecular complexity index is 603. The minimum Gasteiger partial charge on any atom is -0.484 e. The van der Waals surface area contributed by atoms with Crippen molar-refractivity contribution in [1.82, 2.24) is 16.0 Å². The molecule has 3 N–H and O–H groups in total. The first-order chi connectivity index (χ1) is 13.2. The third-order valence-electron chi connectivity index (χ3n) is 4.13. The van der Waals surface area contributed by atoms with E-state index in [-0.39, 0.29) is 12.5 Å². The quantitative estimate of drug-likeness (QED) is 0.294. The largest absolute Gasteiger partial charge is 0.484 e. The predicted molar refractivity (Wildman–Crippen MR) is 107 cm³/mol. The number of guanidine groups is 1. The topological polar surface area (TPSA) is 84.0 Å². The van der Waals surface area contributed by atoms with E-state index in [4.69, 9.17) is 9.47 Å². The van der Waals surface area contributed by atoms with Gasteiger partial charge in [-0.25, -0.2) is 0 Å². The van der Waals surface area contributed by atoms with Crippen LogP contribution < -0.4 is 20.7 Å². The van der Waals surface area contributed by atoms with Crippen molar-refractivity contribution in [2.24, 2.45) is 10.9 Å². The maximum absolute atomic E-state index is 11.5. The Morgan fingerprint density at radius 1 is 1.26 bits per heavy atom. The Balaban J connectivity index is 1.64. The number of aliphatic imine (C=N–C) groups is 1. The summed E-state index contributed by atoms with van der Waals surface area (Å²) in [6, 6.07) is 7.69. The smallest absolute Gasteiger partial charge is 0.257 e. The zero-order valence-corrected chi connectivity index (χ0v) is 16.4. The fraction of sp³-hybridized carbons (Fsp3) is 0.600. The first-order valence-corrected chi connectivity index (χ1v) is 9.72. The van der Waals surface area contributed by atoms with Gasteiger partial charge in [0.2, 0.25) is 0 Å². The maximum Gasteiger partial charge on any atom is 0.257 e. The van der Waals surface area contributed by atoms with Crippen LogP contribution in [0.25, 0.3) is 0 Å². The molecule has 1 aromatic carbocycles. The second-order valence-electron chi connectivity index (χ2n) is 6.61. The number of carbonyl (C=O) groups is 1. The van der Waals surface area contributed by atoms with Gasteiger partial charge < -0.3 is 25.4 Å². The monoisotopic (exact) mass is 376 g/mol. The van der Waals surface area contributed by atoms with Gasteiger partial charge in [-0.15, -0.1) is 0 Å². The average molecular weight is 377 g/mol. The molecule has 0 bridgehead atoms. The Hall–Kier alpha value is -2.28. The van der Waals surface area contributed by atoms with Gasteiger partial charge in [0.25, 0.3) is 5.91 Å². The minimum absolute atomic E-state index is 0.0246. The molecule has 0 aliphatic heterocycles. The van der Waals surface area contributed by atoms with Crippen LogP contribution in [0, 0.1) is 5.92 Å². The number of likely N-dealkylation sites (N-methyl/N-ethyl adjacent to an activating group) is 1. The highest BCUT2D eigenvalue weighted by Gasteiger charge is 2.20. The molecule has 1 saturated carbocycles. The van der Waals surface area contributed by atoms with E-state index in [1.165, 1.54) is 12.8 Å². The molecule has 1 amide bonds. The molecular weight excluding hydrogens is 344 g/mol. The molecule has 7 nitrogen and oxygen atoms in total. The minimum atomic E-state index is -0.119. The van der Waals surface area contributed by atoms with Crippen molar-refractivity contribution in [1.29, 1.82) is 0 Å². The molecule has 0 unspecified atom stereocenters. The van der Waals surface area contributed by atoms with Crippen LogP contribution in [0.5, 0.6) is 5.75 Å². The van der Waals surface area contributed by atoms with Crippen molar-refractivity contribution in [3.63, 3.8) is 0 Å². The van der Waals surface area contributed by atoms with Gasteiger partial charge in [0.15, 0.2) is 12.6 Å². The van der Waals surface area contributed by atoms with Crippen molar-refractivity contribution in [3.8, 4) is 5.75 Å². The molecule has 0 heterocycles. The number of amides is 1. The lowest BCUT2D eigenvalue weighted by Crippen LogP contribution is -2.37. The Morgan fingerprint density at radius 2 is 2.11 bits per heavy atom. The molecule has 0 radical (unpaired) electrons. The normalized spacial score (nSPS) is 13.9. The fourth-order valence-electron chi connectivity index (χ4n) is 2.46. The third-order valence-corrected chi connectivity index (χ3v) is 4.13. The highest BCUT2D eigenvalue weighted by molar-refractivity contribution is 5.79. The molecule has 7 heteroatoms. The maximum atomic E-state index is 11.5. The van der Waals surface area contributed by atoms with Crippen LogP contribution in [0.4, 0.5) is 0 Å². The van der Waals surface area contributed by atoms with Gasteiger partial charge in [-0.3, -0.25) is 9.79 Å². The van der Waals surface area contributed by atoms with E-state index >= 15 is 0 Å². The van der Waals surface area contributed by atoms with Crippen LogP contribution in [0.15, 0.2) is 29.3 Å². The van der Waals surface area contributed by atoms with E-state index in [2.05, 4.69) is 20.9 Å². The van der Waals surface area contributed by atoms with Gasteiger partial charge in [-0.2, -0.15) is 0 Å². The summed E-state index contributed by atoms with van der Waals surface area (Å²) < 4.78 is 11.1. The van der Waals surface area contributed by atoms with Crippen LogP contribution >= 0.6 is 0 Å². The second-order valence-corrected chi connectivity index (χ2v) is 6.61. The number of hydrogen-bond donors (Lipinski definition) is 3. The van der Waals surface area contributed by atoms with Crippen molar-refractivity contribution in [2.45, 2.75) is 32.7 Å². The van der Waals surface area contributed by atoms with E-state index in [1.54, 1.807) is 7.05 Å². The summed E-state index contributed by atoms with van der Waals surface area (Å²) in [7, 11) is 1.75. The zero-order chi connectivity index (χ0) is 19.3. The molecule has 0 saturated heterocycles. The lowest BCUT2D eigenvalue weighted by molar-refractivity contribution is -0.122. The van der Waals surface area contributed by atoms with Crippen LogP contribution in [0.1, 0.15) is 31.7 Å². The summed E-state index contributed by atoms with van der Waals surface area (Å²) in [5, 5.41) is 9.28. The predicted octanol–water partition coefficient (Wildman–Crippen LogP) is 1.68. The zero-order valence-electron chi connectivity index (χ0n) is 16.4. The molecule has 1 aromatic rings. The van der Waals surface area contributed by atoms with E-state index in [0.717, 1.165) is 43.6 Å². The third kappa shape index (κ3) is 9.28. The summed E-state index contributed by atoms with van der Waals surface area (Å²) in [4.78, 5) is 15.7. The number of benzene rings is 1. The summed E-state index contributed by atoms with van der Waals surface area (Å²) in [6.45, 7) is 5.64.